The highest BCUT2D eigenvalue weighted by atomic mass is 32.2. The van der Waals surface area contributed by atoms with Gasteiger partial charge >= 0.3 is 0 Å². The first-order chi connectivity index (χ1) is 10.4. The average Bonchev–Trinajstić information content (AvgIpc) is 3.12. The van der Waals surface area contributed by atoms with Crippen LogP contribution in [0.5, 0.6) is 0 Å². The van der Waals surface area contributed by atoms with Crippen molar-refractivity contribution in [3.05, 3.63) is 11.7 Å². The van der Waals surface area contributed by atoms with Crippen LogP contribution in [0.25, 0.3) is 0 Å². The minimum absolute atomic E-state index is 0.0385. The summed E-state index contributed by atoms with van der Waals surface area (Å²) in [7, 11) is -3.15. The second kappa shape index (κ2) is 7.16. The summed E-state index contributed by atoms with van der Waals surface area (Å²) < 4.78 is 30.3. The summed E-state index contributed by atoms with van der Waals surface area (Å²) in [6, 6.07) is -0.0385. The molecule has 1 aliphatic heterocycles. The van der Waals surface area contributed by atoms with Gasteiger partial charge in [-0.15, -0.1) is 0 Å². The van der Waals surface area contributed by atoms with E-state index in [1.165, 1.54) is 0 Å². The maximum absolute atomic E-state index is 11.3. The minimum atomic E-state index is -3.15. The van der Waals surface area contributed by atoms with E-state index in [0.29, 0.717) is 25.4 Å². The number of carbonyl (C=O) groups excluding carboxylic acids is 1. The highest BCUT2D eigenvalue weighted by Gasteiger charge is 2.30. The standard InChI is InChI=1S/C12H21N5O4S/c1-2-22(19,20)14-6-4-8-17-7-3-5-9(17)12-15-11(10(13)18)16-21-12/h9,14H,2-8H2,1H3,(H2,13,18)/t9-/m0/s1. The number of carbonyl (C=O) groups is 1. The van der Waals surface area contributed by atoms with Gasteiger partial charge in [0.05, 0.1) is 11.8 Å². The quantitative estimate of drug-likeness (QED) is 0.621. The third-order valence-corrected chi connectivity index (χ3v) is 5.04. The van der Waals surface area contributed by atoms with Gasteiger partial charge < -0.3 is 10.3 Å². The van der Waals surface area contributed by atoms with E-state index in [2.05, 4.69) is 19.8 Å². The Labute approximate surface area is 129 Å². The largest absolute Gasteiger partial charge is 0.363 e. The molecule has 0 aromatic carbocycles. The highest BCUT2D eigenvalue weighted by Crippen LogP contribution is 2.30. The number of rotatable bonds is 8. The van der Waals surface area contributed by atoms with Crippen molar-refractivity contribution in [1.82, 2.24) is 19.8 Å². The lowest BCUT2D eigenvalue weighted by atomic mass is 10.2. The predicted molar refractivity (Wildman–Crippen MR) is 78.4 cm³/mol. The van der Waals surface area contributed by atoms with Gasteiger partial charge in [-0.1, -0.05) is 5.16 Å². The van der Waals surface area contributed by atoms with Gasteiger partial charge in [-0.3, -0.25) is 9.69 Å². The summed E-state index contributed by atoms with van der Waals surface area (Å²) in [5, 5.41) is 3.56. The molecule has 1 atom stereocenters. The molecule has 0 spiro atoms. The van der Waals surface area contributed by atoms with Crippen molar-refractivity contribution in [2.75, 3.05) is 25.4 Å². The smallest absolute Gasteiger partial charge is 0.290 e. The highest BCUT2D eigenvalue weighted by molar-refractivity contribution is 7.89. The zero-order chi connectivity index (χ0) is 16.2. The van der Waals surface area contributed by atoms with Crippen LogP contribution in [0.2, 0.25) is 0 Å². The Balaban J connectivity index is 1.86. The lowest BCUT2D eigenvalue weighted by molar-refractivity contribution is 0.0987. The van der Waals surface area contributed by atoms with Crippen LogP contribution < -0.4 is 10.5 Å². The van der Waals surface area contributed by atoms with Gasteiger partial charge in [-0.05, 0) is 32.7 Å². The van der Waals surface area contributed by atoms with Crippen LogP contribution in [0.4, 0.5) is 0 Å². The van der Waals surface area contributed by atoms with Crippen LogP contribution >= 0.6 is 0 Å². The molecule has 1 aliphatic rings. The fourth-order valence-electron chi connectivity index (χ4n) is 2.46. The molecule has 1 aromatic heterocycles. The van der Waals surface area contributed by atoms with Crippen molar-refractivity contribution in [3.8, 4) is 0 Å². The maximum atomic E-state index is 11.3. The molecule has 9 nitrogen and oxygen atoms in total. The Bertz CT molecular complexity index is 615. The number of nitrogens with zero attached hydrogens (tertiary/aromatic N) is 3. The number of amides is 1. The van der Waals surface area contributed by atoms with Crippen LogP contribution in [0.3, 0.4) is 0 Å². The van der Waals surface area contributed by atoms with Crippen molar-refractivity contribution in [2.45, 2.75) is 32.2 Å². The summed E-state index contributed by atoms with van der Waals surface area (Å²) in [4.78, 5) is 17.2. The molecular formula is C12H21N5O4S. The van der Waals surface area contributed by atoms with E-state index in [4.69, 9.17) is 10.3 Å². The van der Waals surface area contributed by atoms with Gasteiger partial charge in [0.1, 0.15) is 0 Å². The molecule has 0 radical (unpaired) electrons. The number of primary amides is 1. The Morgan fingerprint density at radius 2 is 2.32 bits per heavy atom. The van der Waals surface area contributed by atoms with Crippen molar-refractivity contribution >= 4 is 15.9 Å². The molecule has 1 fully saturated rings. The zero-order valence-corrected chi connectivity index (χ0v) is 13.3. The number of hydrogen-bond acceptors (Lipinski definition) is 7. The molecule has 0 bridgehead atoms. The maximum Gasteiger partial charge on any atom is 0.290 e. The summed E-state index contributed by atoms with van der Waals surface area (Å²) >= 11 is 0. The Hall–Kier alpha value is -1.52. The van der Waals surface area contributed by atoms with Gasteiger partial charge in [0, 0.05) is 13.1 Å². The van der Waals surface area contributed by atoms with Gasteiger partial charge in [0.25, 0.3) is 11.7 Å². The molecule has 22 heavy (non-hydrogen) atoms. The minimum Gasteiger partial charge on any atom is -0.363 e. The Kier molecular flexibility index (Phi) is 5.48. The normalized spacial score (nSPS) is 19.6. The predicted octanol–water partition coefficient (Wildman–Crippen LogP) is -0.365. The molecule has 124 valence electrons. The van der Waals surface area contributed by atoms with E-state index in [1.54, 1.807) is 6.92 Å². The first-order valence-corrected chi connectivity index (χ1v) is 8.93. The number of aromatic nitrogens is 2. The van der Waals surface area contributed by atoms with Gasteiger partial charge in [0.15, 0.2) is 0 Å². The van der Waals surface area contributed by atoms with Crippen LogP contribution in [-0.2, 0) is 10.0 Å². The second-order valence-electron chi connectivity index (χ2n) is 5.17. The SMILES string of the molecule is CCS(=O)(=O)NCCCN1CCC[C@H]1c1nc(C(N)=O)no1. The number of nitrogens with one attached hydrogen (secondary N) is 1. The van der Waals surface area contributed by atoms with Crippen molar-refractivity contribution in [1.29, 1.82) is 0 Å². The van der Waals surface area contributed by atoms with E-state index in [0.717, 1.165) is 19.4 Å². The molecule has 0 unspecified atom stereocenters. The number of likely N-dealkylation sites (tertiary alicyclic amines) is 1. The van der Waals surface area contributed by atoms with Crippen molar-refractivity contribution < 1.29 is 17.7 Å². The molecule has 3 N–H and O–H groups in total. The molecule has 0 saturated carbocycles. The molecule has 1 aromatic rings. The molecular weight excluding hydrogens is 310 g/mol. The van der Waals surface area contributed by atoms with Crippen LogP contribution in [0, 0.1) is 0 Å². The molecule has 2 heterocycles. The molecule has 2 rings (SSSR count). The number of nitrogens with two attached hydrogens (primary N) is 1. The lowest BCUT2D eigenvalue weighted by Gasteiger charge is -2.21. The summed E-state index contributed by atoms with van der Waals surface area (Å²) in [5.74, 6) is -0.358. The van der Waals surface area contributed by atoms with E-state index in [9.17, 15) is 13.2 Å². The van der Waals surface area contributed by atoms with Crippen LogP contribution in [0.1, 0.15) is 48.7 Å². The van der Waals surface area contributed by atoms with Gasteiger partial charge in [0.2, 0.25) is 15.9 Å². The van der Waals surface area contributed by atoms with Crippen molar-refractivity contribution in [2.24, 2.45) is 5.73 Å². The van der Waals surface area contributed by atoms with E-state index in [1.807, 2.05) is 0 Å². The number of hydrogen-bond donors (Lipinski definition) is 2. The fraction of sp³-hybridized carbons (Fsp3) is 0.750. The fourth-order valence-corrected chi connectivity index (χ4v) is 3.12. The van der Waals surface area contributed by atoms with Crippen molar-refractivity contribution in [3.63, 3.8) is 0 Å². The molecule has 10 heteroatoms. The van der Waals surface area contributed by atoms with Crippen LogP contribution in [-0.4, -0.2) is 54.8 Å². The Morgan fingerprint density at radius 1 is 1.55 bits per heavy atom. The van der Waals surface area contributed by atoms with E-state index >= 15 is 0 Å². The first kappa shape index (κ1) is 16.8. The van der Waals surface area contributed by atoms with Gasteiger partial charge in [-0.2, -0.15) is 4.98 Å². The zero-order valence-electron chi connectivity index (χ0n) is 12.5. The summed E-state index contributed by atoms with van der Waals surface area (Å²) in [5.41, 5.74) is 5.11. The Morgan fingerprint density at radius 3 is 2.95 bits per heavy atom. The number of sulfonamides is 1. The van der Waals surface area contributed by atoms with E-state index in [-0.39, 0.29) is 17.6 Å². The summed E-state index contributed by atoms with van der Waals surface area (Å²) in [6.45, 7) is 3.59. The summed E-state index contributed by atoms with van der Waals surface area (Å²) in [6.07, 6.45) is 2.53. The lowest BCUT2D eigenvalue weighted by Crippen LogP contribution is -2.30. The molecule has 0 aliphatic carbocycles. The topological polar surface area (TPSA) is 131 Å². The monoisotopic (exact) mass is 331 g/mol. The van der Waals surface area contributed by atoms with Crippen LogP contribution in [0.15, 0.2) is 4.52 Å². The van der Waals surface area contributed by atoms with Gasteiger partial charge in [-0.25, -0.2) is 13.1 Å². The second-order valence-corrected chi connectivity index (χ2v) is 7.26. The average molecular weight is 331 g/mol. The third kappa shape index (κ3) is 4.24. The first-order valence-electron chi connectivity index (χ1n) is 7.27. The van der Waals surface area contributed by atoms with E-state index < -0.39 is 15.9 Å². The third-order valence-electron chi connectivity index (χ3n) is 3.63. The molecule has 1 amide bonds. The molecule has 1 saturated heterocycles.